The highest BCUT2D eigenvalue weighted by Gasteiger charge is 2.20. The predicted octanol–water partition coefficient (Wildman–Crippen LogP) is 6.72. The van der Waals surface area contributed by atoms with Gasteiger partial charge in [0.2, 0.25) is 0 Å². The maximum atomic E-state index is 11.0. The van der Waals surface area contributed by atoms with E-state index in [1.807, 2.05) is 31.5 Å². The van der Waals surface area contributed by atoms with Crippen LogP contribution in [0.4, 0.5) is 0 Å². The van der Waals surface area contributed by atoms with Gasteiger partial charge in [-0.1, -0.05) is 35.2 Å². The van der Waals surface area contributed by atoms with Gasteiger partial charge in [0.15, 0.2) is 0 Å². The lowest BCUT2D eigenvalue weighted by atomic mass is 10.1. The van der Waals surface area contributed by atoms with Crippen LogP contribution in [0.5, 0.6) is 0 Å². The molecule has 2 aromatic heterocycles. The third-order valence-corrected chi connectivity index (χ3v) is 6.51. The van der Waals surface area contributed by atoms with Crippen LogP contribution >= 0.6 is 11.8 Å². The molecule has 0 aliphatic heterocycles. The Bertz CT molecular complexity index is 921. The van der Waals surface area contributed by atoms with Crippen molar-refractivity contribution in [3.63, 3.8) is 0 Å². The topological polar surface area (TPSA) is 47.2 Å². The van der Waals surface area contributed by atoms with Crippen LogP contribution in [0.2, 0.25) is 0 Å². The molecule has 0 aliphatic rings. The maximum Gasteiger partial charge on any atom is 0.108 e. The molecule has 0 atom stereocenters. The van der Waals surface area contributed by atoms with Gasteiger partial charge in [0, 0.05) is 35.1 Å². The number of rotatable bonds is 8. The van der Waals surface area contributed by atoms with Crippen molar-refractivity contribution in [3.8, 4) is 0 Å². The van der Waals surface area contributed by atoms with Crippen molar-refractivity contribution in [1.82, 2.24) is 9.55 Å². The van der Waals surface area contributed by atoms with Crippen LogP contribution in [-0.2, 0) is 13.1 Å². The van der Waals surface area contributed by atoms with Crippen molar-refractivity contribution in [2.45, 2.75) is 59.7 Å². The Morgan fingerprint density at radius 2 is 1.89 bits per heavy atom. The lowest BCUT2D eigenvalue weighted by molar-refractivity contribution is 0.703. The molecule has 0 N–H and O–H groups in total. The molecule has 2 rings (SSSR count). The van der Waals surface area contributed by atoms with Crippen LogP contribution in [0.1, 0.15) is 50.1 Å². The molecule has 0 bridgehead atoms. The maximum absolute atomic E-state index is 11.0. The molecule has 0 spiro atoms. The van der Waals surface area contributed by atoms with Crippen LogP contribution in [0.3, 0.4) is 0 Å². The minimum Gasteiger partial charge on any atom is -0.335 e. The van der Waals surface area contributed by atoms with Crippen molar-refractivity contribution in [2.24, 2.45) is 5.18 Å². The van der Waals surface area contributed by atoms with E-state index in [1.54, 1.807) is 11.8 Å². The molecule has 28 heavy (non-hydrogen) atoms. The second kappa shape index (κ2) is 10.2. The van der Waals surface area contributed by atoms with E-state index in [1.165, 1.54) is 21.6 Å². The van der Waals surface area contributed by atoms with Gasteiger partial charge in [0.25, 0.3) is 0 Å². The van der Waals surface area contributed by atoms with Gasteiger partial charge < -0.3 is 4.57 Å². The summed E-state index contributed by atoms with van der Waals surface area (Å²) >= 11 is 1.77. The van der Waals surface area contributed by atoms with Gasteiger partial charge in [-0.15, -0.1) is 0 Å². The molecule has 5 heteroatoms. The molecule has 0 aromatic carbocycles. The highest BCUT2D eigenvalue weighted by molar-refractivity contribution is 8.03. The van der Waals surface area contributed by atoms with E-state index in [9.17, 15) is 4.91 Å². The van der Waals surface area contributed by atoms with Crippen LogP contribution in [0, 0.1) is 18.8 Å². The Kier molecular flexibility index (Phi) is 8.00. The summed E-state index contributed by atoms with van der Waals surface area (Å²) in [6.45, 7) is 13.5. The van der Waals surface area contributed by atoms with Gasteiger partial charge in [-0.2, -0.15) is 4.91 Å². The highest BCUT2D eigenvalue weighted by Crippen LogP contribution is 2.40. The molecule has 0 fully saturated rings. The second-order valence-corrected chi connectivity index (χ2v) is 7.81. The first-order chi connectivity index (χ1) is 13.4. The first-order valence-corrected chi connectivity index (χ1v) is 10.3. The number of allylic oxidation sites excluding steroid dienone is 5. The van der Waals surface area contributed by atoms with Crippen LogP contribution < -0.4 is 0 Å². The lowest BCUT2D eigenvalue weighted by Gasteiger charge is -2.16. The minimum absolute atomic E-state index is 0.198. The van der Waals surface area contributed by atoms with E-state index >= 15 is 0 Å². The minimum atomic E-state index is 0.198. The molecule has 0 aliphatic carbocycles. The van der Waals surface area contributed by atoms with Gasteiger partial charge in [0.05, 0.1) is 5.03 Å². The standard InChI is InChI=1S/C23H29N3OS/c1-7-9-17(4)22(16(3)8-2)28-23-18(5)21(14-25-27)19(6)26(23)15-20-10-12-24-13-11-20/h7-13H,14-15H2,1-6H3/b9-7+,16-8-,22-17+. The van der Waals surface area contributed by atoms with Crippen molar-refractivity contribution in [3.05, 3.63) is 86.1 Å². The second-order valence-electron chi connectivity index (χ2n) is 6.81. The molecular formula is C23H29N3OS. The number of nitroso groups, excluding NO2 is 1. The number of hydrogen-bond acceptors (Lipinski definition) is 4. The molecule has 4 nitrogen and oxygen atoms in total. The van der Waals surface area contributed by atoms with E-state index in [2.05, 4.69) is 67.6 Å². The molecule has 0 radical (unpaired) electrons. The molecule has 148 valence electrons. The summed E-state index contributed by atoms with van der Waals surface area (Å²) in [5.74, 6) is 0. The van der Waals surface area contributed by atoms with E-state index in [0.29, 0.717) is 0 Å². The Morgan fingerprint density at radius 3 is 2.46 bits per heavy atom. The van der Waals surface area contributed by atoms with E-state index in [-0.39, 0.29) is 6.54 Å². The quantitative estimate of drug-likeness (QED) is 0.283. The first kappa shape index (κ1) is 21.9. The Hall–Kier alpha value is -2.40. The van der Waals surface area contributed by atoms with Crippen molar-refractivity contribution in [2.75, 3.05) is 0 Å². The molecule has 0 saturated heterocycles. The molecule has 0 amide bonds. The van der Waals surface area contributed by atoms with Crippen molar-refractivity contribution < 1.29 is 0 Å². The zero-order valence-electron chi connectivity index (χ0n) is 17.6. The summed E-state index contributed by atoms with van der Waals surface area (Å²) in [6.07, 6.45) is 9.97. The van der Waals surface area contributed by atoms with Gasteiger partial charge >= 0.3 is 0 Å². The summed E-state index contributed by atoms with van der Waals surface area (Å²) in [6, 6.07) is 4.06. The molecule has 2 heterocycles. The third kappa shape index (κ3) is 4.90. The van der Waals surface area contributed by atoms with Crippen LogP contribution in [0.15, 0.2) is 69.0 Å². The average molecular weight is 396 g/mol. The number of nitrogens with zero attached hydrogens (tertiary/aromatic N) is 3. The average Bonchev–Trinajstić information content (AvgIpc) is 2.91. The van der Waals surface area contributed by atoms with Crippen LogP contribution in [-0.4, -0.2) is 9.55 Å². The van der Waals surface area contributed by atoms with E-state index in [0.717, 1.165) is 28.4 Å². The summed E-state index contributed by atoms with van der Waals surface area (Å²) in [7, 11) is 0. The highest BCUT2D eigenvalue weighted by atomic mass is 32.2. The predicted molar refractivity (Wildman–Crippen MR) is 120 cm³/mol. The summed E-state index contributed by atoms with van der Waals surface area (Å²) in [5, 5.41) is 4.33. The van der Waals surface area contributed by atoms with Crippen molar-refractivity contribution in [1.29, 1.82) is 0 Å². The van der Waals surface area contributed by atoms with Crippen LogP contribution in [0.25, 0.3) is 0 Å². The number of hydrogen-bond donors (Lipinski definition) is 0. The Labute approximate surface area is 172 Å². The smallest absolute Gasteiger partial charge is 0.108 e. The van der Waals surface area contributed by atoms with E-state index in [4.69, 9.17) is 0 Å². The zero-order chi connectivity index (χ0) is 20.7. The molecular weight excluding hydrogens is 366 g/mol. The molecule has 2 aromatic rings. The van der Waals surface area contributed by atoms with Gasteiger partial charge in [-0.3, -0.25) is 4.98 Å². The zero-order valence-corrected chi connectivity index (χ0v) is 18.4. The summed E-state index contributed by atoms with van der Waals surface area (Å²) in [5.41, 5.74) is 6.89. The summed E-state index contributed by atoms with van der Waals surface area (Å²) in [4.78, 5) is 16.4. The van der Waals surface area contributed by atoms with Crippen molar-refractivity contribution >= 4 is 11.8 Å². The summed E-state index contributed by atoms with van der Waals surface area (Å²) < 4.78 is 2.29. The Morgan fingerprint density at radius 1 is 1.21 bits per heavy atom. The monoisotopic (exact) mass is 395 g/mol. The van der Waals surface area contributed by atoms with E-state index < -0.39 is 0 Å². The van der Waals surface area contributed by atoms with Gasteiger partial charge in [0.1, 0.15) is 6.54 Å². The normalized spacial score (nSPS) is 13.1. The largest absolute Gasteiger partial charge is 0.335 e. The Balaban J connectivity index is 2.62. The van der Waals surface area contributed by atoms with Gasteiger partial charge in [-0.05, 0) is 75.9 Å². The fraction of sp³-hybridized carbons (Fsp3) is 0.348. The molecule has 0 unspecified atom stereocenters. The third-order valence-electron chi connectivity index (χ3n) is 4.94. The molecule has 0 saturated carbocycles. The van der Waals surface area contributed by atoms with Gasteiger partial charge in [-0.25, -0.2) is 0 Å². The number of pyridine rings is 1. The number of aromatic nitrogens is 2. The fourth-order valence-corrected chi connectivity index (χ4v) is 4.52. The fourth-order valence-electron chi connectivity index (χ4n) is 3.23. The SMILES string of the molecule is C\C=C(C)/C(Sc1c(C)c(CN=O)c(C)n1Cc1ccncc1)=C(C)\C=C\C. The number of thioether (sulfide) groups is 1. The lowest BCUT2D eigenvalue weighted by Crippen LogP contribution is -2.04. The first-order valence-electron chi connectivity index (χ1n) is 9.45.